The first kappa shape index (κ1) is 22.7. The molecule has 176 valence electrons. The number of carbonyl (C=O) groups is 1. The number of aromatic amines is 1. The number of aromatic nitrogens is 2. The first-order valence-electron chi connectivity index (χ1n) is 11.0. The molecule has 0 atom stereocenters. The number of aryl methyl sites for hydroxylation is 1. The molecule has 0 aliphatic carbocycles. The van der Waals surface area contributed by atoms with Gasteiger partial charge in [-0.15, -0.1) is 11.3 Å². The molecule has 1 aliphatic rings. The average Bonchev–Trinajstić information content (AvgIpc) is 3.42. The van der Waals surface area contributed by atoms with Crippen molar-refractivity contribution in [1.82, 2.24) is 19.2 Å². The molecule has 10 heteroatoms. The molecule has 2 aromatic carbocycles. The Bertz CT molecular complexity index is 1470. The third kappa shape index (κ3) is 4.25. The summed E-state index contributed by atoms with van der Waals surface area (Å²) in [4.78, 5) is 23.1. The Kier molecular flexibility index (Phi) is 5.98. The van der Waals surface area contributed by atoms with Crippen molar-refractivity contribution in [2.45, 2.75) is 11.8 Å². The van der Waals surface area contributed by atoms with Crippen molar-refractivity contribution in [3.8, 4) is 11.3 Å². The third-order valence-electron chi connectivity index (χ3n) is 6.07. The van der Waals surface area contributed by atoms with Gasteiger partial charge in [-0.2, -0.15) is 4.31 Å². The number of sulfonamides is 1. The fraction of sp³-hybridized carbons (Fsp3) is 0.250. The lowest BCUT2D eigenvalue weighted by atomic mass is 10.1. The second-order valence-corrected chi connectivity index (χ2v) is 11.2. The number of rotatable bonds is 5. The Hall–Kier alpha value is -3.05. The number of piperazine rings is 1. The SMILES string of the molecule is Cc1[nH]c2ccccc2c1-c1csc(NC(=O)c2cccc(S(=O)(=O)N3CCN(C)CC3)c2)n1. The van der Waals surface area contributed by atoms with E-state index in [9.17, 15) is 13.2 Å². The van der Waals surface area contributed by atoms with Crippen molar-refractivity contribution < 1.29 is 13.2 Å². The van der Waals surface area contributed by atoms with Crippen LogP contribution in [0.1, 0.15) is 16.1 Å². The molecule has 1 saturated heterocycles. The quantitative estimate of drug-likeness (QED) is 0.439. The summed E-state index contributed by atoms with van der Waals surface area (Å²) in [6.07, 6.45) is 0. The molecule has 34 heavy (non-hydrogen) atoms. The van der Waals surface area contributed by atoms with Gasteiger partial charge in [-0.1, -0.05) is 24.3 Å². The van der Waals surface area contributed by atoms with E-state index in [2.05, 4.69) is 20.2 Å². The van der Waals surface area contributed by atoms with Crippen molar-refractivity contribution in [2.24, 2.45) is 0 Å². The predicted molar refractivity (Wildman–Crippen MR) is 135 cm³/mol. The Morgan fingerprint density at radius 3 is 2.65 bits per heavy atom. The molecule has 2 aromatic heterocycles. The van der Waals surface area contributed by atoms with Gasteiger partial charge in [0.05, 0.1) is 10.6 Å². The van der Waals surface area contributed by atoms with Gasteiger partial charge in [0.15, 0.2) is 5.13 Å². The van der Waals surface area contributed by atoms with E-state index in [0.29, 0.717) is 31.3 Å². The van der Waals surface area contributed by atoms with E-state index in [1.165, 1.54) is 27.8 Å². The molecule has 0 unspecified atom stereocenters. The molecule has 4 aromatic rings. The maximum absolute atomic E-state index is 13.1. The summed E-state index contributed by atoms with van der Waals surface area (Å²) in [7, 11) is -1.68. The monoisotopic (exact) mass is 495 g/mol. The lowest BCUT2D eigenvalue weighted by Gasteiger charge is -2.31. The molecule has 0 radical (unpaired) electrons. The molecule has 2 N–H and O–H groups in total. The number of thiazole rings is 1. The molecule has 3 heterocycles. The molecule has 1 amide bonds. The first-order chi connectivity index (χ1) is 16.3. The summed E-state index contributed by atoms with van der Waals surface area (Å²) in [6, 6.07) is 14.2. The number of nitrogens with one attached hydrogen (secondary N) is 2. The van der Waals surface area contributed by atoms with Gasteiger partial charge in [0.1, 0.15) is 0 Å². The van der Waals surface area contributed by atoms with Crippen LogP contribution in [0, 0.1) is 6.92 Å². The number of para-hydroxylation sites is 1. The van der Waals surface area contributed by atoms with Gasteiger partial charge in [-0.05, 0) is 38.2 Å². The Morgan fingerprint density at radius 1 is 1.09 bits per heavy atom. The molecule has 1 aliphatic heterocycles. The Labute approximate surface area is 202 Å². The van der Waals surface area contributed by atoms with Gasteiger partial charge in [-0.25, -0.2) is 13.4 Å². The van der Waals surface area contributed by atoms with Gasteiger partial charge in [0.2, 0.25) is 10.0 Å². The van der Waals surface area contributed by atoms with Crippen LogP contribution in [-0.4, -0.2) is 66.7 Å². The highest BCUT2D eigenvalue weighted by Crippen LogP contribution is 2.34. The van der Waals surface area contributed by atoms with Crippen LogP contribution in [0.5, 0.6) is 0 Å². The highest BCUT2D eigenvalue weighted by Gasteiger charge is 2.28. The van der Waals surface area contributed by atoms with Gasteiger partial charge >= 0.3 is 0 Å². The molecule has 0 saturated carbocycles. The number of benzene rings is 2. The lowest BCUT2D eigenvalue weighted by molar-refractivity contribution is 0.102. The normalized spacial score (nSPS) is 15.6. The Balaban J connectivity index is 1.36. The fourth-order valence-corrected chi connectivity index (χ4v) is 6.36. The van der Waals surface area contributed by atoms with E-state index in [-0.39, 0.29) is 10.5 Å². The summed E-state index contributed by atoms with van der Waals surface area (Å²) in [5, 5.41) is 6.25. The number of amides is 1. The first-order valence-corrected chi connectivity index (χ1v) is 13.3. The maximum Gasteiger partial charge on any atom is 0.257 e. The molecular weight excluding hydrogens is 470 g/mol. The smallest absolute Gasteiger partial charge is 0.257 e. The Morgan fingerprint density at radius 2 is 1.85 bits per heavy atom. The van der Waals surface area contributed by atoms with Gasteiger partial charge in [-0.3, -0.25) is 10.1 Å². The number of carbonyl (C=O) groups excluding carboxylic acids is 1. The summed E-state index contributed by atoms with van der Waals surface area (Å²) in [5.41, 5.74) is 4.10. The van der Waals surface area contributed by atoms with E-state index >= 15 is 0 Å². The van der Waals surface area contributed by atoms with Crippen molar-refractivity contribution in [1.29, 1.82) is 0 Å². The van der Waals surface area contributed by atoms with Gasteiger partial charge in [0, 0.05) is 59.3 Å². The van der Waals surface area contributed by atoms with E-state index in [1.54, 1.807) is 12.1 Å². The van der Waals surface area contributed by atoms with Crippen LogP contribution in [-0.2, 0) is 10.0 Å². The summed E-state index contributed by atoms with van der Waals surface area (Å²) < 4.78 is 27.6. The number of H-pyrrole nitrogens is 1. The van der Waals surface area contributed by atoms with Crippen molar-refractivity contribution in [3.63, 3.8) is 0 Å². The zero-order chi connectivity index (χ0) is 23.9. The van der Waals surface area contributed by atoms with Crippen LogP contribution >= 0.6 is 11.3 Å². The van der Waals surface area contributed by atoms with Crippen LogP contribution in [0.25, 0.3) is 22.2 Å². The minimum absolute atomic E-state index is 0.124. The van der Waals surface area contributed by atoms with E-state index in [1.807, 2.05) is 43.6 Å². The minimum atomic E-state index is -3.66. The largest absolute Gasteiger partial charge is 0.358 e. The predicted octanol–water partition coefficient (Wildman–Crippen LogP) is 3.79. The molecule has 8 nitrogen and oxygen atoms in total. The zero-order valence-electron chi connectivity index (χ0n) is 18.9. The van der Waals surface area contributed by atoms with E-state index < -0.39 is 15.9 Å². The van der Waals surface area contributed by atoms with Crippen LogP contribution in [0.2, 0.25) is 0 Å². The molecule has 0 spiro atoms. The number of anilines is 1. The highest BCUT2D eigenvalue weighted by molar-refractivity contribution is 7.89. The number of nitrogens with zero attached hydrogens (tertiary/aromatic N) is 3. The van der Waals surface area contributed by atoms with Crippen LogP contribution in [0.15, 0.2) is 58.8 Å². The fourth-order valence-electron chi connectivity index (χ4n) is 4.20. The number of hydrogen-bond acceptors (Lipinski definition) is 6. The van der Waals surface area contributed by atoms with E-state index in [4.69, 9.17) is 0 Å². The van der Waals surface area contributed by atoms with Gasteiger partial charge < -0.3 is 9.88 Å². The second-order valence-electron chi connectivity index (χ2n) is 8.40. The lowest BCUT2D eigenvalue weighted by Crippen LogP contribution is -2.47. The van der Waals surface area contributed by atoms with Crippen LogP contribution in [0.4, 0.5) is 5.13 Å². The summed E-state index contributed by atoms with van der Waals surface area (Å²) in [5.74, 6) is -0.396. The van der Waals surface area contributed by atoms with Crippen molar-refractivity contribution in [3.05, 3.63) is 65.2 Å². The molecule has 1 fully saturated rings. The van der Waals surface area contributed by atoms with Crippen LogP contribution < -0.4 is 5.32 Å². The van der Waals surface area contributed by atoms with E-state index in [0.717, 1.165) is 27.9 Å². The summed E-state index contributed by atoms with van der Waals surface area (Å²) in [6.45, 7) is 4.23. The average molecular weight is 496 g/mol. The van der Waals surface area contributed by atoms with Crippen LogP contribution in [0.3, 0.4) is 0 Å². The summed E-state index contributed by atoms with van der Waals surface area (Å²) >= 11 is 1.33. The van der Waals surface area contributed by atoms with Gasteiger partial charge in [0.25, 0.3) is 5.91 Å². The zero-order valence-corrected chi connectivity index (χ0v) is 20.5. The van der Waals surface area contributed by atoms with Crippen molar-refractivity contribution >= 4 is 43.3 Å². The standard InChI is InChI=1S/C24H25N5O3S2/c1-16-22(19-8-3-4-9-20(19)25-16)21-15-33-24(26-21)27-23(30)17-6-5-7-18(14-17)34(31,32)29-12-10-28(2)11-13-29/h3-9,14-15,25H,10-13H2,1-2H3,(H,26,27,30). The second kappa shape index (κ2) is 8.95. The third-order valence-corrected chi connectivity index (χ3v) is 8.72. The minimum Gasteiger partial charge on any atom is -0.358 e. The van der Waals surface area contributed by atoms with Crippen molar-refractivity contribution in [2.75, 3.05) is 38.5 Å². The topological polar surface area (TPSA) is 98.4 Å². The number of hydrogen-bond donors (Lipinski definition) is 2. The number of likely N-dealkylation sites (N-methyl/N-ethyl adjacent to an activating group) is 1. The molecular formula is C24H25N5O3S2. The number of fused-ring (bicyclic) bond motifs is 1. The molecule has 0 bridgehead atoms. The molecule has 5 rings (SSSR count). The highest BCUT2D eigenvalue weighted by atomic mass is 32.2. The maximum atomic E-state index is 13.1.